The molecule has 2 rings (SSSR count). The predicted molar refractivity (Wildman–Crippen MR) is 72.8 cm³/mol. The molecule has 0 aromatic heterocycles. The first-order valence-corrected chi connectivity index (χ1v) is 6.35. The third-order valence-electron chi connectivity index (χ3n) is 3.65. The highest BCUT2D eigenvalue weighted by Gasteiger charge is 2.35. The van der Waals surface area contributed by atoms with E-state index in [1.165, 1.54) is 12.5 Å². The molecule has 1 aromatic rings. The van der Waals surface area contributed by atoms with Crippen molar-refractivity contribution in [2.45, 2.75) is 38.1 Å². The number of hydrogen-bond donors (Lipinski definition) is 2. The second-order valence-corrected chi connectivity index (χ2v) is 5.08. The summed E-state index contributed by atoms with van der Waals surface area (Å²) in [5, 5.41) is 3.42. The highest BCUT2D eigenvalue weighted by Crippen LogP contribution is 2.38. The van der Waals surface area contributed by atoms with E-state index < -0.39 is 0 Å². The van der Waals surface area contributed by atoms with Gasteiger partial charge in [0.2, 0.25) is 0 Å². The fraction of sp³-hybridized carbons (Fsp3) is 0.462. The average molecular weight is 252 g/mol. The number of benzene rings is 1. The number of nitrogens with one attached hydrogen (secondary N) is 1. The molecule has 1 aliphatic carbocycles. The second-order valence-electron chi connectivity index (χ2n) is 4.64. The minimum absolute atomic E-state index is 0.104. The molecule has 0 saturated heterocycles. The monoisotopic (exact) mass is 252 g/mol. The summed E-state index contributed by atoms with van der Waals surface area (Å²) in [5.74, 6) is -0.354. The standard InChI is InChI=1S/C13H17FN2S/c1-2-13(7-4-8-13)16-10-6-3-5-9(14)11(10)12(15)17/h3,5-6,16H,2,4,7-8H2,1H3,(H2,15,17). The van der Waals surface area contributed by atoms with Crippen molar-refractivity contribution >= 4 is 22.9 Å². The highest BCUT2D eigenvalue weighted by molar-refractivity contribution is 7.80. The maximum absolute atomic E-state index is 13.7. The minimum Gasteiger partial charge on any atom is -0.389 e. The van der Waals surface area contributed by atoms with E-state index in [-0.39, 0.29) is 16.3 Å². The van der Waals surface area contributed by atoms with Gasteiger partial charge in [0, 0.05) is 11.2 Å². The topological polar surface area (TPSA) is 38.0 Å². The van der Waals surface area contributed by atoms with Gasteiger partial charge in [0.25, 0.3) is 0 Å². The molecule has 0 radical (unpaired) electrons. The van der Waals surface area contributed by atoms with Crippen LogP contribution >= 0.6 is 12.2 Å². The molecule has 92 valence electrons. The van der Waals surface area contributed by atoms with Gasteiger partial charge in [-0.05, 0) is 37.8 Å². The summed E-state index contributed by atoms with van der Waals surface area (Å²) < 4.78 is 13.7. The van der Waals surface area contributed by atoms with Crippen molar-refractivity contribution < 1.29 is 4.39 Å². The zero-order chi connectivity index (χ0) is 12.5. The van der Waals surface area contributed by atoms with Crippen molar-refractivity contribution in [1.29, 1.82) is 0 Å². The molecule has 2 nitrogen and oxygen atoms in total. The highest BCUT2D eigenvalue weighted by atomic mass is 32.1. The minimum atomic E-state index is -0.354. The van der Waals surface area contributed by atoms with Crippen LogP contribution in [0.2, 0.25) is 0 Å². The molecule has 1 saturated carbocycles. The summed E-state index contributed by atoms with van der Waals surface area (Å²) in [7, 11) is 0. The molecule has 4 heteroatoms. The Kier molecular flexibility index (Phi) is 3.33. The third kappa shape index (κ3) is 2.27. The van der Waals surface area contributed by atoms with Crippen LogP contribution in [0.5, 0.6) is 0 Å². The summed E-state index contributed by atoms with van der Waals surface area (Å²) in [4.78, 5) is 0.108. The molecular weight excluding hydrogens is 235 g/mol. The maximum Gasteiger partial charge on any atom is 0.135 e. The lowest BCUT2D eigenvalue weighted by atomic mass is 9.74. The van der Waals surface area contributed by atoms with Crippen molar-refractivity contribution in [2.24, 2.45) is 5.73 Å². The first-order valence-electron chi connectivity index (χ1n) is 5.94. The van der Waals surface area contributed by atoms with Crippen molar-refractivity contribution in [3.63, 3.8) is 0 Å². The van der Waals surface area contributed by atoms with Crippen LogP contribution in [0.4, 0.5) is 10.1 Å². The van der Waals surface area contributed by atoms with Crippen LogP contribution < -0.4 is 11.1 Å². The first kappa shape index (κ1) is 12.3. The van der Waals surface area contributed by atoms with E-state index in [1.807, 2.05) is 6.07 Å². The van der Waals surface area contributed by atoms with Crippen LogP contribution in [0.1, 0.15) is 38.2 Å². The molecule has 17 heavy (non-hydrogen) atoms. The molecule has 0 amide bonds. The molecule has 1 fully saturated rings. The molecule has 0 heterocycles. The molecule has 0 unspecified atom stereocenters. The lowest BCUT2D eigenvalue weighted by Gasteiger charge is -2.43. The van der Waals surface area contributed by atoms with Crippen LogP contribution in [0.3, 0.4) is 0 Å². The molecule has 0 spiro atoms. The Labute approximate surface area is 106 Å². The van der Waals surface area contributed by atoms with Crippen molar-refractivity contribution in [3.8, 4) is 0 Å². The lowest BCUT2D eigenvalue weighted by Crippen LogP contribution is -2.44. The Morgan fingerprint density at radius 3 is 2.71 bits per heavy atom. The Balaban J connectivity index is 2.32. The van der Waals surface area contributed by atoms with Gasteiger partial charge in [-0.15, -0.1) is 0 Å². The van der Waals surface area contributed by atoms with Crippen molar-refractivity contribution in [3.05, 3.63) is 29.6 Å². The van der Waals surface area contributed by atoms with Crippen molar-refractivity contribution in [1.82, 2.24) is 0 Å². The number of halogens is 1. The van der Waals surface area contributed by atoms with E-state index in [9.17, 15) is 4.39 Å². The molecule has 1 aliphatic rings. The number of nitrogens with two attached hydrogens (primary N) is 1. The van der Waals surface area contributed by atoms with E-state index in [1.54, 1.807) is 6.07 Å². The van der Waals surface area contributed by atoms with E-state index in [0.29, 0.717) is 5.56 Å². The van der Waals surface area contributed by atoms with Gasteiger partial charge in [0.15, 0.2) is 0 Å². The van der Waals surface area contributed by atoms with Crippen LogP contribution in [0.15, 0.2) is 18.2 Å². The lowest BCUT2D eigenvalue weighted by molar-refractivity contribution is 0.269. The smallest absolute Gasteiger partial charge is 0.135 e. The van der Waals surface area contributed by atoms with E-state index in [0.717, 1.165) is 24.9 Å². The van der Waals surface area contributed by atoms with Crippen LogP contribution in [0, 0.1) is 5.82 Å². The van der Waals surface area contributed by atoms with Crippen molar-refractivity contribution in [2.75, 3.05) is 5.32 Å². The molecule has 3 N–H and O–H groups in total. The Hall–Kier alpha value is -1.16. The second kappa shape index (κ2) is 4.61. The first-order chi connectivity index (χ1) is 8.08. The summed E-state index contributed by atoms with van der Waals surface area (Å²) >= 11 is 4.91. The van der Waals surface area contributed by atoms with Crippen LogP contribution in [-0.2, 0) is 0 Å². The molecule has 0 atom stereocenters. The van der Waals surface area contributed by atoms with Gasteiger partial charge < -0.3 is 11.1 Å². The van der Waals surface area contributed by atoms with Gasteiger partial charge in [-0.25, -0.2) is 4.39 Å². The summed E-state index contributed by atoms with van der Waals surface area (Å²) in [6.07, 6.45) is 4.49. The predicted octanol–water partition coefficient (Wildman–Crippen LogP) is 3.20. The summed E-state index contributed by atoms with van der Waals surface area (Å²) in [6, 6.07) is 4.91. The zero-order valence-corrected chi connectivity index (χ0v) is 10.7. The molecule has 0 bridgehead atoms. The average Bonchev–Trinajstić information content (AvgIpc) is 2.23. The van der Waals surface area contributed by atoms with Crippen LogP contribution in [-0.4, -0.2) is 10.5 Å². The number of rotatable bonds is 4. The van der Waals surface area contributed by atoms with E-state index in [2.05, 4.69) is 12.2 Å². The van der Waals surface area contributed by atoms with Gasteiger partial charge in [0.05, 0.1) is 5.56 Å². The van der Waals surface area contributed by atoms with Gasteiger partial charge >= 0.3 is 0 Å². The quantitative estimate of drug-likeness (QED) is 0.808. The Bertz CT molecular complexity index is 436. The fourth-order valence-electron chi connectivity index (χ4n) is 2.33. The molecule has 0 aliphatic heterocycles. The van der Waals surface area contributed by atoms with Gasteiger partial charge in [0.1, 0.15) is 10.8 Å². The summed E-state index contributed by atoms with van der Waals surface area (Å²) in [6.45, 7) is 2.14. The Morgan fingerprint density at radius 1 is 1.53 bits per heavy atom. The number of anilines is 1. The van der Waals surface area contributed by atoms with E-state index >= 15 is 0 Å². The number of hydrogen-bond acceptors (Lipinski definition) is 2. The Morgan fingerprint density at radius 2 is 2.24 bits per heavy atom. The fourth-order valence-corrected chi connectivity index (χ4v) is 2.54. The molecule has 1 aromatic carbocycles. The largest absolute Gasteiger partial charge is 0.389 e. The normalized spacial score (nSPS) is 17.3. The van der Waals surface area contributed by atoms with Gasteiger partial charge in [-0.1, -0.05) is 25.2 Å². The maximum atomic E-state index is 13.7. The molecular formula is C13H17FN2S. The van der Waals surface area contributed by atoms with Gasteiger partial charge in [-0.2, -0.15) is 0 Å². The zero-order valence-electron chi connectivity index (χ0n) is 9.92. The van der Waals surface area contributed by atoms with Crippen LogP contribution in [0.25, 0.3) is 0 Å². The van der Waals surface area contributed by atoms with Gasteiger partial charge in [-0.3, -0.25) is 0 Å². The number of thiocarbonyl (C=S) groups is 1. The summed E-state index contributed by atoms with van der Waals surface area (Å²) in [5.41, 5.74) is 6.75. The third-order valence-corrected chi connectivity index (χ3v) is 3.85. The van der Waals surface area contributed by atoms with E-state index in [4.69, 9.17) is 18.0 Å². The SMILES string of the molecule is CCC1(Nc2cccc(F)c2C(N)=S)CCC1.